The molecule has 2 saturated heterocycles. The fourth-order valence-electron chi connectivity index (χ4n) is 3.41. The highest BCUT2D eigenvalue weighted by Gasteiger charge is 2.27. The summed E-state index contributed by atoms with van der Waals surface area (Å²) < 4.78 is 7.16. The van der Waals surface area contributed by atoms with Crippen LogP contribution in [0.25, 0.3) is 5.65 Å². The standard InChI is InChI=1S/C18H23N5O3/c24-17(14-20-9-11-26-12-10-20)21-5-7-22(8-6-21)18(25)15-13-23-4-2-1-3-16(23)19-15/h1-4,13H,5-12,14H2. The van der Waals surface area contributed by atoms with Gasteiger partial charge in [0.05, 0.1) is 19.8 Å². The van der Waals surface area contributed by atoms with Crippen molar-refractivity contribution in [2.45, 2.75) is 0 Å². The van der Waals surface area contributed by atoms with E-state index in [1.165, 1.54) is 0 Å². The topological polar surface area (TPSA) is 70.4 Å². The van der Waals surface area contributed by atoms with Gasteiger partial charge in [0, 0.05) is 51.7 Å². The van der Waals surface area contributed by atoms with Gasteiger partial charge in [-0.2, -0.15) is 0 Å². The van der Waals surface area contributed by atoms with Crippen LogP contribution >= 0.6 is 0 Å². The van der Waals surface area contributed by atoms with Crippen LogP contribution in [0.3, 0.4) is 0 Å². The molecule has 0 radical (unpaired) electrons. The number of fused-ring (bicyclic) bond motifs is 1. The third-order valence-corrected chi connectivity index (χ3v) is 4.97. The molecule has 0 N–H and O–H groups in total. The Morgan fingerprint density at radius 2 is 1.73 bits per heavy atom. The Morgan fingerprint density at radius 1 is 1.00 bits per heavy atom. The maximum Gasteiger partial charge on any atom is 0.274 e. The molecule has 26 heavy (non-hydrogen) atoms. The lowest BCUT2D eigenvalue weighted by Gasteiger charge is -2.36. The minimum atomic E-state index is -0.0750. The first-order chi connectivity index (χ1) is 12.7. The van der Waals surface area contributed by atoms with E-state index in [-0.39, 0.29) is 11.8 Å². The maximum absolute atomic E-state index is 12.7. The molecule has 0 unspecified atom stereocenters. The van der Waals surface area contributed by atoms with E-state index >= 15 is 0 Å². The van der Waals surface area contributed by atoms with Crippen molar-refractivity contribution >= 4 is 17.5 Å². The second kappa shape index (κ2) is 7.43. The number of imidazole rings is 1. The Hall–Kier alpha value is -2.45. The van der Waals surface area contributed by atoms with E-state index in [0.29, 0.717) is 51.6 Å². The summed E-state index contributed by atoms with van der Waals surface area (Å²) >= 11 is 0. The van der Waals surface area contributed by atoms with E-state index in [9.17, 15) is 9.59 Å². The molecular formula is C18H23N5O3. The highest BCUT2D eigenvalue weighted by molar-refractivity contribution is 5.93. The number of ether oxygens (including phenoxy) is 1. The number of carbonyl (C=O) groups is 2. The Bertz CT molecular complexity index is 758. The number of amides is 2. The second-order valence-electron chi connectivity index (χ2n) is 6.65. The summed E-state index contributed by atoms with van der Waals surface area (Å²) in [5.41, 5.74) is 1.21. The van der Waals surface area contributed by atoms with Gasteiger partial charge in [-0.15, -0.1) is 0 Å². The molecule has 2 aliphatic heterocycles. The summed E-state index contributed by atoms with van der Waals surface area (Å²) in [6.07, 6.45) is 3.63. The molecule has 8 nitrogen and oxygen atoms in total. The van der Waals surface area contributed by atoms with Crippen molar-refractivity contribution in [3.63, 3.8) is 0 Å². The molecule has 4 heterocycles. The van der Waals surface area contributed by atoms with Crippen LogP contribution in [-0.4, -0.2) is 94.9 Å². The van der Waals surface area contributed by atoms with E-state index < -0.39 is 0 Å². The maximum atomic E-state index is 12.7. The van der Waals surface area contributed by atoms with Gasteiger partial charge in [0.1, 0.15) is 11.3 Å². The number of aromatic nitrogens is 2. The van der Waals surface area contributed by atoms with Crippen LogP contribution in [0.2, 0.25) is 0 Å². The molecule has 4 rings (SSSR count). The molecule has 8 heteroatoms. The summed E-state index contributed by atoms with van der Waals surface area (Å²) in [6, 6.07) is 5.68. The minimum Gasteiger partial charge on any atom is -0.379 e. The van der Waals surface area contributed by atoms with Crippen LogP contribution in [0.5, 0.6) is 0 Å². The molecular weight excluding hydrogens is 334 g/mol. The average molecular weight is 357 g/mol. The predicted molar refractivity (Wildman–Crippen MR) is 94.9 cm³/mol. The lowest BCUT2D eigenvalue weighted by Crippen LogP contribution is -2.53. The Labute approximate surface area is 151 Å². The van der Waals surface area contributed by atoms with E-state index in [0.717, 1.165) is 18.7 Å². The lowest BCUT2D eigenvalue weighted by atomic mass is 10.2. The number of carbonyl (C=O) groups excluding carboxylic acids is 2. The number of morpholine rings is 1. The molecule has 2 fully saturated rings. The second-order valence-corrected chi connectivity index (χ2v) is 6.65. The number of rotatable bonds is 3. The smallest absolute Gasteiger partial charge is 0.274 e. The number of pyridine rings is 1. The monoisotopic (exact) mass is 357 g/mol. The summed E-state index contributed by atoms with van der Waals surface area (Å²) in [4.78, 5) is 35.3. The Balaban J connectivity index is 1.32. The molecule has 0 saturated carbocycles. The van der Waals surface area contributed by atoms with Crippen LogP contribution in [0.1, 0.15) is 10.5 Å². The first kappa shape index (κ1) is 17.0. The zero-order chi connectivity index (χ0) is 17.9. The zero-order valence-electron chi connectivity index (χ0n) is 14.7. The van der Waals surface area contributed by atoms with Crippen LogP contribution in [-0.2, 0) is 9.53 Å². The van der Waals surface area contributed by atoms with Crippen LogP contribution in [0.4, 0.5) is 0 Å². The van der Waals surface area contributed by atoms with Gasteiger partial charge >= 0.3 is 0 Å². The van der Waals surface area contributed by atoms with E-state index in [2.05, 4.69) is 9.88 Å². The van der Waals surface area contributed by atoms with Gasteiger partial charge in [0.2, 0.25) is 5.91 Å². The molecule has 0 spiro atoms. The van der Waals surface area contributed by atoms with Gasteiger partial charge < -0.3 is 18.9 Å². The van der Waals surface area contributed by atoms with Crippen LogP contribution < -0.4 is 0 Å². The van der Waals surface area contributed by atoms with Crippen molar-refractivity contribution in [1.29, 1.82) is 0 Å². The fraction of sp³-hybridized carbons (Fsp3) is 0.500. The van der Waals surface area contributed by atoms with Gasteiger partial charge in [-0.25, -0.2) is 4.98 Å². The highest BCUT2D eigenvalue weighted by Crippen LogP contribution is 2.11. The first-order valence-electron chi connectivity index (χ1n) is 9.01. The number of hydrogen-bond acceptors (Lipinski definition) is 5. The van der Waals surface area contributed by atoms with Crippen molar-refractivity contribution in [3.8, 4) is 0 Å². The molecule has 2 aromatic rings. The summed E-state index contributed by atoms with van der Waals surface area (Å²) in [5.74, 6) is 0.0562. The van der Waals surface area contributed by atoms with Crippen LogP contribution in [0.15, 0.2) is 30.6 Å². The minimum absolute atomic E-state index is 0.0750. The Kier molecular flexibility index (Phi) is 4.85. The van der Waals surface area contributed by atoms with Gasteiger partial charge in [-0.05, 0) is 12.1 Å². The summed E-state index contributed by atoms with van der Waals surface area (Å²) in [7, 11) is 0. The van der Waals surface area contributed by atoms with E-state index in [1.54, 1.807) is 11.1 Å². The van der Waals surface area contributed by atoms with Crippen molar-refractivity contribution in [2.75, 3.05) is 59.0 Å². The third kappa shape index (κ3) is 3.56. The van der Waals surface area contributed by atoms with Crippen molar-refractivity contribution < 1.29 is 14.3 Å². The SMILES string of the molecule is O=C(CN1CCOCC1)N1CCN(C(=O)c2cn3ccccc3n2)CC1. The van der Waals surface area contributed by atoms with Crippen molar-refractivity contribution in [2.24, 2.45) is 0 Å². The molecule has 2 aliphatic rings. The highest BCUT2D eigenvalue weighted by atomic mass is 16.5. The van der Waals surface area contributed by atoms with Crippen molar-refractivity contribution in [1.82, 2.24) is 24.1 Å². The van der Waals surface area contributed by atoms with Gasteiger partial charge in [0.25, 0.3) is 5.91 Å². The first-order valence-corrected chi connectivity index (χ1v) is 9.01. The predicted octanol–water partition coefficient (Wildman–Crippen LogP) is -0.0491. The molecule has 0 aliphatic carbocycles. The Morgan fingerprint density at radius 3 is 2.46 bits per heavy atom. The van der Waals surface area contributed by atoms with Gasteiger partial charge in [0.15, 0.2) is 0 Å². The van der Waals surface area contributed by atoms with Crippen molar-refractivity contribution in [3.05, 3.63) is 36.3 Å². The number of hydrogen-bond donors (Lipinski definition) is 0. The average Bonchev–Trinajstić information content (AvgIpc) is 3.12. The third-order valence-electron chi connectivity index (χ3n) is 4.97. The zero-order valence-corrected chi connectivity index (χ0v) is 14.7. The largest absolute Gasteiger partial charge is 0.379 e. The normalized spacial score (nSPS) is 19.1. The van der Waals surface area contributed by atoms with Gasteiger partial charge in [-0.1, -0.05) is 6.07 Å². The molecule has 138 valence electrons. The van der Waals surface area contributed by atoms with Gasteiger partial charge in [-0.3, -0.25) is 14.5 Å². The quantitative estimate of drug-likeness (QED) is 0.770. The molecule has 2 aromatic heterocycles. The lowest BCUT2D eigenvalue weighted by molar-refractivity contribution is -0.134. The fourth-order valence-corrected chi connectivity index (χ4v) is 3.41. The molecule has 0 bridgehead atoms. The van der Waals surface area contributed by atoms with Crippen LogP contribution in [0, 0.1) is 0 Å². The molecule has 2 amide bonds. The summed E-state index contributed by atoms with van der Waals surface area (Å²) in [5, 5.41) is 0. The molecule has 0 aromatic carbocycles. The van der Waals surface area contributed by atoms with E-state index in [1.807, 2.05) is 33.7 Å². The number of nitrogens with zero attached hydrogens (tertiary/aromatic N) is 5. The van der Waals surface area contributed by atoms with E-state index in [4.69, 9.17) is 4.74 Å². The summed E-state index contributed by atoms with van der Waals surface area (Å²) in [6.45, 7) is 5.65. The number of piperazine rings is 1. The molecule has 0 atom stereocenters.